The standard InChI is InChI=1S/C21H21N3O3S2/c25-20-19-16(17-6-2-8-27-17)13-29-21(19)23-18(22-20)12-24(10-14-4-1-7-26-14)11-15-5-3-9-28-15/h2-3,5-6,8-9,13-14H,1,4,7,10-12H2,(H,22,23,25)/t14-/m1/s1. The predicted octanol–water partition coefficient (Wildman–Crippen LogP) is 4.49. The van der Waals surface area contributed by atoms with Gasteiger partial charge in [0.1, 0.15) is 16.4 Å². The maximum Gasteiger partial charge on any atom is 0.260 e. The fourth-order valence-electron chi connectivity index (χ4n) is 3.78. The van der Waals surface area contributed by atoms with Crippen LogP contribution in [0.1, 0.15) is 23.5 Å². The van der Waals surface area contributed by atoms with Crippen molar-refractivity contribution >= 4 is 32.9 Å². The molecule has 4 aromatic heterocycles. The molecule has 1 fully saturated rings. The summed E-state index contributed by atoms with van der Waals surface area (Å²) in [6, 6.07) is 7.89. The zero-order valence-corrected chi connectivity index (χ0v) is 17.4. The molecule has 0 aliphatic carbocycles. The summed E-state index contributed by atoms with van der Waals surface area (Å²) >= 11 is 3.22. The lowest BCUT2D eigenvalue weighted by atomic mass is 10.2. The Kier molecular flexibility index (Phi) is 5.32. The van der Waals surface area contributed by atoms with Crippen LogP contribution >= 0.6 is 22.7 Å². The van der Waals surface area contributed by atoms with Gasteiger partial charge in [-0.25, -0.2) is 4.98 Å². The third kappa shape index (κ3) is 4.06. The number of H-pyrrole nitrogens is 1. The van der Waals surface area contributed by atoms with E-state index in [1.807, 2.05) is 17.5 Å². The Hall–Kier alpha value is -2.26. The molecule has 0 spiro atoms. The van der Waals surface area contributed by atoms with Crippen molar-refractivity contribution in [1.29, 1.82) is 0 Å². The lowest BCUT2D eigenvalue weighted by molar-refractivity contribution is 0.0674. The van der Waals surface area contributed by atoms with Crippen LogP contribution in [0, 0.1) is 0 Å². The minimum absolute atomic E-state index is 0.120. The van der Waals surface area contributed by atoms with Crippen LogP contribution in [-0.2, 0) is 17.8 Å². The topological polar surface area (TPSA) is 71.4 Å². The predicted molar refractivity (Wildman–Crippen MR) is 115 cm³/mol. The number of aromatic amines is 1. The summed E-state index contributed by atoms with van der Waals surface area (Å²) in [7, 11) is 0. The number of thiophene rings is 2. The number of furan rings is 1. The van der Waals surface area contributed by atoms with Gasteiger partial charge in [0.25, 0.3) is 5.56 Å². The molecule has 0 bridgehead atoms. The van der Waals surface area contributed by atoms with Crippen LogP contribution < -0.4 is 5.56 Å². The molecular weight excluding hydrogens is 406 g/mol. The van der Waals surface area contributed by atoms with Gasteiger partial charge in [-0.3, -0.25) is 9.69 Å². The summed E-state index contributed by atoms with van der Waals surface area (Å²) in [6.45, 7) is 3.07. The number of ether oxygens (including phenoxy) is 1. The maximum atomic E-state index is 12.8. The molecule has 0 unspecified atom stereocenters. The van der Waals surface area contributed by atoms with Crippen molar-refractivity contribution in [2.45, 2.75) is 32.0 Å². The molecule has 1 aliphatic rings. The molecule has 5 rings (SSSR count). The Bertz CT molecular complexity index is 1130. The zero-order valence-electron chi connectivity index (χ0n) is 15.8. The first-order valence-electron chi connectivity index (χ1n) is 9.67. The molecule has 5 heterocycles. The average Bonchev–Trinajstić information content (AvgIpc) is 3.49. The van der Waals surface area contributed by atoms with Crippen molar-refractivity contribution in [3.05, 3.63) is 62.3 Å². The molecule has 0 saturated carbocycles. The van der Waals surface area contributed by atoms with Gasteiger partial charge in [0.05, 0.1) is 24.3 Å². The van der Waals surface area contributed by atoms with Crippen LogP contribution in [-0.4, -0.2) is 34.1 Å². The number of rotatable bonds is 7. The molecule has 1 saturated heterocycles. The Morgan fingerprint density at radius 1 is 1.24 bits per heavy atom. The molecular formula is C21H21N3O3S2. The first-order chi connectivity index (χ1) is 14.3. The maximum absolute atomic E-state index is 12.8. The summed E-state index contributed by atoms with van der Waals surface area (Å²) in [6.07, 6.45) is 4.06. The first-order valence-corrected chi connectivity index (χ1v) is 11.4. The Morgan fingerprint density at radius 3 is 2.97 bits per heavy atom. The average molecular weight is 428 g/mol. The van der Waals surface area contributed by atoms with E-state index in [2.05, 4.69) is 27.4 Å². The molecule has 6 nitrogen and oxygen atoms in total. The molecule has 0 aromatic carbocycles. The minimum atomic E-state index is -0.120. The fraction of sp³-hybridized carbons (Fsp3) is 0.333. The van der Waals surface area contributed by atoms with Gasteiger partial charge in [-0.05, 0) is 36.4 Å². The van der Waals surface area contributed by atoms with E-state index in [0.29, 0.717) is 23.5 Å². The number of fused-ring (bicyclic) bond motifs is 1. The summed E-state index contributed by atoms with van der Waals surface area (Å²) < 4.78 is 11.3. The summed E-state index contributed by atoms with van der Waals surface area (Å²) in [5.74, 6) is 1.37. The Balaban J connectivity index is 1.42. The van der Waals surface area contributed by atoms with E-state index >= 15 is 0 Å². The third-order valence-electron chi connectivity index (χ3n) is 5.10. The van der Waals surface area contributed by atoms with Crippen LogP contribution in [0.4, 0.5) is 0 Å². The normalized spacial score (nSPS) is 16.9. The van der Waals surface area contributed by atoms with Gasteiger partial charge in [0, 0.05) is 35.5 Å². The number of nitrogens with zero attached hydrogens (tertiary/aromatic N) is 2. The Morgan fingerprint density at radius 2 is 2.21 bits per heavy atom. The van der Waals surface area contributed by atoms with Crippen LogP contribution in [0.2, 0.25) is 0 Å². The highest BCUT2D eigenvalue weighted by Gasteiger charge is 2.21. The molecule has 0 radical (unpaired) electrons. The zero-order chi connectivity index (χ0) is 19.6. The fourth-order valence-corrected chi connectivity index (χ4v) is 5.47. The number of hydrogen-bond donors (Lipinski definition) is 1. The summed E-state index contributed by atoms with van der Waals surface area (Å²) in [5, 5.41) is 4.62. The lowest BCUT2D eigenvalue weighted by Gasteiger charge is -2.24. The van der Waals surface area contributed by atoms with E-state index < -0.39 is 0 Å². The van der Waals surface area contributed by atoms with Crippen molar-refractivity contribution in [2.75, 3.05) is 13.2 Å². The first kappa shape index (κ1) is 18.7. The van der Waals surface area contributed by atoms with E-state index in [4.69, 9.17) is 14.1 Å². The largest absolute Gasteiger partial charge is 0.464 e. The van der Waals surface area contributed by atoms with Gasteiger partial charge >= 0.3 is 0 Å². The molecule has 4 aromatic rings. The number of nitrogens with one attached hydrogen (secondary N) is 1. The number of hydrogen-bond acceptors (Lipinski definition) is 7. The lowest BCUT2D eigenvalue weighted by Crippen LogP contribution is -2.32. The third-order valence-corrected chi connectivity index (χ3v) is 6.83. The monoisotopic (exact) mass is 427 g/mol. The van der Waals surface area contributed by atoms with Gasteiger partial charge in [0.15, 0.2) is 0 Å². The molecule has 150 valence electrons. The van der Waals surface area contributed by atoms with Crippen LogP contribution in [0.5, 0.6) is 0 Å². The molecule has 1 aliphatic heterocycles. The van der Waals surface area contributed by atoms with Crippen molar-refractivity contribution in [2.24, 2.45) is 0 Å². The van der Waals surface area contributed by atoms with Gasteiger partial charge in [-0.15, -0.1) is 22.7 Å². The quantitative estimate of drug-likeness (QED) is 0.471. The summed E-state index contributed by atoms with van der Waals surface area (Å²) in [5.41, 5.74) is 0.677. The smallest absolute Gasteiger partial charge is 0.260 e. The molecule has 1 atom stereocenters. The Labute approximate surface area is 175 Å². The van der Waals surface area contributed by atoms with Crippen molar-refractivity contribution < 1.29 is 9.15 Å². The number of aromatic nitrogens is 2. The molecule has 29 heavy (non-hydrogen) atoms. The van der Waals surface area contributed by atoms with E-state index in [-0.39, 0.29) is 11.7 Å². The second-order valence-electron chi connectivity index (χ2n) is 7.20. The van der Waals surface area contributed by atoms with Crippen LogP contribution in [0.25, 0.3) is 21.5 Å². The molecule has 1 N–H and O–H groups in total. The van der Waals surface area contributed by atoms with Crippen molar-refractivity contribution in [1.82, 2.24) is 14.9 Å². The van der Waals surface area contributed by atoms with Gasteiger partial charge in [-0.2, -0.15) is 0 Å². The van der Waals surface area contributed by atoms with Crippen LogP contribution in [0.15, 0.2) is 50.5 Å². The highest BCUT2D eigenvalue weighted by Crippen LogP contribution is 2.31. The second kappa shape index (κ2) is 8.23. The van der Waals surface area contributed by atoms with Gasteiger partial charge in [0.2, 0.25) is 0 Å². The highest BCUT2D eigenvalue weighted by atomic mass is 32.1. The van der Waals surface area contributed by atoms with Gasteiger partial charge in [-0.1, -0.05) is 6.07 Å². The highest BCUT2D eigenvalue weighted by molar-refractivity contribution is 7.17. The van der Waals surface area contributed by atoms with E-state index in [1.54, 1.807) is 17.6 Å². The molecule has 8 heteroatoms. The SMILES string of the molecule is O=c1[nH]c(CN(Cc2cccs2)C[C@H]2CCCO2)nc2scc(-c3ccco3)c12. The second-order valence-corrected chi connectivity index (χ2v) is 9.09. The minimum Gasteiger partial charge on any atom is -0.464 e. The van der Waals surface area contributed by atoms with E-state index in [1.165, 1.54) is 16.2 Å². The van der Waals surface area contributed by atoms with Gasteiger partial charge < -0.3 is 14.1 Å². The van der Waals surface area contributed by atoms with Crippen molar-refractivity contribution in [3.63, 3.8) is 0 Å². The van der Waals surface area contributed by atoms with E-state index in [9.17, 15) is 4.79 Å². The van der Waals surface area contributed by atoms with Crippen molar-refractivity contribution in [3.8, 4) is 11.3 Å². The van der Waals surface area contributed by atoms with Crippen LogP contribution in [0.3, 0.4) is 0 Å². The summed E-state index contributed by atoms with van der Waals surface area (Å²) in [4.78, 5) is 24.9. The van der Waals surface area contributed by atoms with E-state index in [0.717, 1.165) is 42.9 Å². The molecule has 0 amide bonds.